The lowest BCUT2D eigenvalue weighted by atomic mass is 9.84. The second-order valence-electron chi connectivity index (χ2n) is 5.31. The molecule has 0 bridgehead atoms. The lowest BCUT2D eigenvalue weighted by Crippen LogP contribution is -2.49. The van der Waals surface area contributed by atoms with Crippen LogP contribution in [0.2, 0.25) is 0 Å². The summed E-state index contributed by atoms with van der Waals surface area (Å²) in [5.41, 5.74) is 5.62. The molecule has 0 aliphatic heterocycles. The Kier molecular flexibility index (Phi) is 4.65. The molecule has 1 aromatic rings. The third-order valence-corrected chi connectivity index (χ3v) is 2.75. The first-order valence-corrected chi connectivity index (χ1v) is 5.74. The first kappa shape index (κ1) is 14.9. The Balaban J connectivity index is 2.89. The molecule has 0 radical (unpaired) electrons. The van der Waals surface area contributed by atoms with Gasteiger partial charge >= 0.3 is 0 Å². The second kappa shape index (κ2) is 5.63. The van der Waals surface area contributed by atoms with E-state index < -0.39 is 23.8 Å². The fourth-order valence-corrected chi connectivity index (χ4v) is 1.51. The van der Waals surface area contributed by atoms with Crippen molar-refractivity contribution in [3.63, 3.8) is 0 Å². The normalized spacial score (nSPS) is 15.3. The molecule has 3 N–H and O–H groups in total. The molecule has 2 unspecified atom stereocenters. The molecular weight excluding hydrogens is 240 g/mol. The van der Waals surface area contributed by atoms with Crippen molar-refractivity contribution in [3.8, 4) is 5.75 Å². The van der Waals surface area contributed by atoms with Crippen molar-refractivity contribution in [1.82, 2.24) is 0 Å². The average molecular weight is 259 g/mol. The van der Waals surface area contributed by atoms with Crippen LogP contribution in [0, 0.1) is 17.0 Å². The standard InChI is InChI=1S/C13H19F2NO2/c1-13(2,3)12(16)11(7-17)18-10-6-8(14)4-5-9(10)15/h4-6,11-12,17H,7,16H2,1-3H3. The Bertz CT molecular complexity index is 404. The zero-order valence-electron chi connectivity index (χ0n) is 10.8. The van der Waals surface area contributed by atoms with Gasteiger partial charge in [-0.15, -0.1) is 0 Å². The van der Waals surface area contributed by atoms with Crippen LogP contribution in [0.3, 0.4) is 0 Å². The van der Waals surface area contributed by atoms with E-state index in [0.29, 0.717) is 0 Å². The largest absolute Gasteiger partial charge is 0.483 e. The number of hydrogen-bond donors (Lipinski definition) is 2. The van der Waals surface area contributed by atoms with Crippen LogP contribution >= 0.6 is 0 Å². The molecule has 0 saturated carbocycles. The van der Waals surface area contributed by atoms with Crippen LogP contribution in [0.1, 0.15) is 20.8 Å². The Morgan fingerprint density at radius 3 is 2.44 bits per heavy atom. The molecule has 102 valence electrons. The predicted octanol–water partition coefficient (Wildman–Crippen LogP) is 2.08. The number of aliphatic hydroxyl groups excluding tert-OH is 1. The van der Waals surface area contributed by atoms with E-state index in [1.165, 1.54) is 0 Å². The average Bonchev–Trinajstić information content (AvgIpc) is 2.28. The fourth-order valence-electron chi connectivity index (χ4n) is 1.51. The molecular formula is C13H19F2NO2. The topological polar surface area (TPSA) is 55.5 Å². The number of ether oxygens (including phenoxy) is 1. The highest BCUT2D eigenvalue weighted by Gasteiger charge is 2.30. The summed E-state index contributed by atoms with van der Waals surface area (Å²) in [4.78, 5) is 0. The SMILES string of the molecule is CC(C)(C)C(N)C(CO)Oc1cc(F)ccc1F. The molecule has 2 atom stereocenters. The minimum Gasteiger partial charge on any atom is -0.483 e. The van der Waals surface area contributed by atoms with Gasteiger partial charge in [-0.25, -0.2) is 8.78 Å². The predicted molar refractivity (Wildman–Crippen MR) is 65.3 cm³/mol. The van der Waals surface area contributed by atoms with Gasteiger partial charge in [-0.1, -0.05) is 20.8 Å². The van der Waals surface area contributed by atoms with E-state index in [1.54, 1.807) is 0 Å². The Morgan fingerprint density at radius 2 is 1.94 bits per heavy atom. The van der Waals surface area contributed by atoms with Gasteiger partial charge in [0.15, 0.2) is 11.6 Å². The summed E-state index contributed by atoms with van der Waals surface area (Å²) < 4.78 is 31.7. The van der Waals surface area contributed by atoms with E-state index in [-0.39, 0.29) is 17.8 Å². The number of aliphatic hydroxyl groups is 1. The minimum atomic E-state index is -0.790. The molecule has 1 aromatic carbocycles. The lowest BCUT2D eigenvalue weighted by molar-refractivity contribution is 0.0561. The summed E-state index contributed by atoms with van der Waals surface area (Å²) in [7, 11) is 0. The highest BCUT2D eigenvalue weighted by molar-refractivity contribution is 5.25. The number of rotatable bonds is 4. The van der Waals surface area contributed by atoms with Crippen molar-refractivity contribution in [3.05, 3.63) is 29.8 Å². The smallest absolute Gasteiger partial charge is 0.165 e. The summed E-state index contributed by atoms with van der Waals surface area (Å²) in [6.07, 6.45) is -0.790. The minimum absolute atomic E-state index is 0.242. The van der Waals surface area contributed by atoms with Gasteiger partial charge < -0.3 is 15.6 Å². The molecule has 1 rings (SSSR count). The maximum absolute atomic E-state index is 13.4. The zero-order valence-corrected chi connectivity index (χ0v) is 10.8. The summed E-state index contributed by atoms with van der Waals surface area (Å²) in [6.45, 7) is 5.28. The van der Waals surface area contributed by atoms with Gasteiger partial charge in [0.2, 0.25) is 0 Å². The molecule has 0 saturated heterocycles. The van der Waals surface area contributed by atoms with E-state index in [2.05, 4.69) is 0 Å². The van der Waals surface area contributed by atoms with Gasteiger partial charge in [0.1, 0.15) is 11.9 Å². The van der Waals surface area contributed by atoms with Crippen LogP contribution in [0.4, 0.5) is 8.78 Å². The molecule has 0 amide bonds. The fraction of sp³-hybridized carbons (Fsp3) is 0.538. The number of halogens is 2. The molecule has 3 nitrogen and oxygen atoms in total. The van der Waals surface area contributed by atoms with Crippen LogP contribution in [-0.4, -0.2) is 23.9 Å². The van der Waals surface area contributed by atoms with E-state index in [0.717, 1.165) is 18.2 Å². The van der Waals surface area contributed by atoms with Crippen LogP contribution in [0.15, 0.2) is 18.2 Å². The van der Waals surface area contributed by atoms with Gasteiger partial charge in [0.25, 0.3) is 0 Å². The van der Waals surface area contributed by atoms with E-state index in [1.807, 2.05) is 20.8 Å². The van der Waals surface area contributed by atoms with Crippen molar-refractivity contribution in [2.24, 2.45) is 11.1 Å². The van der Waals surface area contributed by atoms with Crippen molar-refractivity contribution < 1.29 is 18.6 Å². The van der Waals surface area contributed by atoms with Crippen molar-refractivity contribution in [2.75, 3.05) is 6.61 Å². The second-order valence-corrected chi connectivity index (χ2v) is 5.31. The van der Waals surface area contributed by atoms with Crippen LogP contribution < -0.4 is 10.5 Å². The number of benzene rings is 1. The monoisotopic (exact) mass is 259 g/mol. The first-order chi connectivity index (χ1) is 8.25. The highest BCUT2D eigenvalue weighted by atomic mass is 19.1. The summed E-state index contributed by atoms with van der Waals surface area (Å²) >= 11 is 0. The highest BCUT2D eigenvalue weighted by Crippen LogP contribution is 2.25. The molecule has 0 spiro atoms. The van der Waals surface area contributed by atoms with Gasteiger partial charge in [0, 0.05) is 12.1 Å². The first-order valence-electron chi connectivity index (χ1n) is 5.74. The third-order valence-electron chi connectivity index (χ3n) is 2.75. The molecule has 5 heteroatoms. The lowest BCUT2D eigenvalue weighted by Gasteiger charge is -2.33. The Morgan fingerprint density at radius 1 is 1.33 bits per heavy atom. The third kappa shape index (κ3) is 3.65. The van der Waals surface area contributed by atoms with Crippen LogP contribution in [0.25, 0.3) is 0 Å². The van der Waals surface area contributed by atoms with Crippen LogP contribution in [0.5, 0.6) is 5.75 Å². The zero-order chi connectivity index (χ0) is 13.9. The quantitative estimate of drug-likeness (QED) is 0.870. The van der Waals surface area contributed by atoms with Crippen molar-refractivity contribution >= 4 is 0 Å². The van der Waals surface area contributed by atoms with Gasteiger partial charge in [-0.3, -0.25) is 0 Å². The molecule has 0 heterocycles. The van der Waals surface area contributed by atoms with Crippen molar-refractivity contribution in [1.29, 1.82) is 0 Å². The molecule has 0 aromatic heterocycles. The van der Waals surface area contributed by atoms with E-state index >= 15 is 0 Å². The maximum atomic E-state index is 13.4. The Labute approximate surface area is 106 Å². The number of nitrogens with two attached hydrogens (primary N) is 1. The van der Waals surface area contributed by atoms with Gasteiger partial charge in [0.05, 0.1) is 6.61 Å². The summed E-state index contributed by atoms with van der Waals surface area (Å²) in [5.74, 6) is -1.53. The van der Waals surface area contributed by atoms with Crippen LogP contribution in [-0.2, 0) is 0 Å². The van der Waals surface area contributed by atoms with Gasteiger partial charge in [-0.2, -0.15) is 0 Å². The van der Waals surface area contributed by atoms with Gasteiger partial charge in [-0.05, 0) is 17.5 Å². The molecule has 0 fully saturated rings. The van der Waals surface area contributed by atoms with Crippen molar-refractivity contribution in [2.45, 2.75) is 32.9 Å². The molecule has 18 heavy (non-hydrogen) atoms. The maximum Gasteiger partial charge on any atom is 0.165 e. The molecule has 0 aliphatic rings. The molecule has 0 aliphatic carbocycles. The van der Waals surface area contributed by atoms with E-state index in [9.17, 15) is 13.9 Å². The Hall–Kier alpha value is -1.20. The number of hydrogen-bond acceptors (Lipinski definition) is 3. The summed E-state index contributed by atoms with van der Waals surface area (Å²) in [6, 6.07) is 2.40. The van der Waals surface area contributed by atoms with E-state index in [4.69, 9.17) is 10.5 Å². The summed E-state index contributed by atoms with van der Waals surface area (Å²) in [5, 5.41) is 9.26.